The fourth-order valence-corrected chi connectivity index (χ4v) is 4.49. The van der Waals surface area contributed by atoms with Crippen LogP contribution in [0.1, 0.15) is 58.6 Å². The number of rotatable bonds is 10. The predicted octanol–water partition coefficient (Wildman–Crippen LogP) is 3.70. The van der Waals surface area contributed by atoms with Crippen molar-refractivity contribution in [3.63, 3.8) is 0 Å². The van der Waals surface area contributed by atoms with Crippen molar-refractivity contribution in [1.29, 1.82) is 0 Å². The van der Waals surface area contributed by atoms with Gasteiger partial charge in [0.05, 0.1) is 0 Å². The molecule has 1 aliphatic rings. The largest absolute Gasteiger partial charge is 0.449 e. The molecule has 0 radical (unpaired) electrons. The second-order valence-corrected chi connectivity index (χ2v) is 11.1. The van der Waals surface area contributed by atoms with E-state index in [2.05, 4.69) is 33.4 Å². The molecule has 4 amide bonds. The molecule has 0 fully saturated rings. The van der Waals surface area contributed by atoms with Gasteiger partial charge in [0.15, 0.2) is 0 Å². The number of nitrogens with one attached hydrogen (secondary N) is 4. The Hall–Kier alpha value is -4.08. The molecule has 0 bridgehead atoms. The van der Waals surface area contributed by atoms with Gasteiger partial charge in [-0.15, -0.1) is 0 Å². The maximum atomic E-state index is 12.9. The predicted molar refractivity (Wildman–Crippen MR) is 152 cm³/mol. The summed E-state index contributed by atoms with van der Waals surface area (Å²) >= 11 is 0. The van der Waals surface area contributed by atoms with Crippen molar-refractivity contribution in [2.24, 2.45) is 5.92 Å². The van der Waals surface area contributed by atoms with E-state index in [-0.39, 0.29) is 31.5 Å². The second-order valence-electron chi connectivity index (χ2n) is 11.1. The summed E-state index contributed by atoms with van der Waals surface area (Å²) in [6.45, 7) is 10.8. The van der Waals surface area contributed by atoms with Crippen LogP contribution in [0.5, 0.6) is 0 Å². The second kappa shape index (κ2) is 13.3. The number of carbonyl (C=O) groups excluding carboxylic acids is 4. The Labute approximate surface area is 235 Å². The lowest BCUT2D eigenvalue weighted by atomic mass is 9.98. The molecule has 216 valence electrons. The minimum atomic E-state index is -0.903. The van der Waals surface area contributed by atoms with Gasteiger partial charge in [-0.3, -0.25) is 9.59 Å². The molecule has 0 unspecified atom stereocenters. The van der Waals surface area contributed by atoms with E-state index in [1.54, 1.807) is 41.5 Å². The Balaban J connectivity index is 1.48. The number of benzene rings is 2. The van der Waals surface area contributed by atoms with Gasteiger partial charge in [0.1, 0.15) is 24.3 Å². The van der Waals surface area contributed by atoms with E-state index in [0.29, 0.717) is 0 Å². The number of amides is 4. The SMILES string of the molecule is CC(C)[C@H](NC(=O)OCC1c2ccccc2-c2ccccc21)C(=O)N[C@@H](C)C(=O)NCCNC(=O)OC(C)(C)C. The number of alkyl carbamates (subject to hydrolysis) is 2. The van der Waals surface area contributed by atoms with Crippen molar-refractivity contribution in [2.45, 2.75) is 65.1 Å². The molecular weight excluding hydrogens is 512 g/mol. The number of ether oxygens (including phenoxy) is 2. The van der Waals surface area contributed by atoms with E-state index in [0.717, 1.165) is 22.3 Å². The van der Waals surface area contributed by atoms with Crippen LogP contribution in [0.3, 0.4) is 0 Å². The molecule has 4 N–H and O–H groups in total. The summed E-state index contributed by atoms with van der Waals surface area (Å²) in [6.07, 6.45) is -1.29. The highest BCUT2D eigenvalue weighted by Crippen LogP contribution is 2.44. The van der Waals surface area contributed by atoms with Gasteiger partial charge in [-0.25, -0.2) is 9.59 Å². The summed E-state index contributed by atoms with van der Waals surface area (Å²) in [5.41, 5.74) is 3.82. The van der Waals surface area contributed by atoms with Crippen molar-refractivity contribution in [2.75, 3.05) is 19.7 Å². The quantitative estimate of drug-likeness (QED) is 0.332. The van der Waals surface area contributed by atoms with Crippen molar-refractivity contribution < 1.29 is 28.7 Å². The van der Waals surface area contributed by atoms with Crippen LogP contribution >= 0.6 is 0 Å². The summed E-state index contributed by atoms with van der Waals surface area (Å²) in [5, 5.41) is 10.5. The van der Waals surface area contributed by atoms with Crippen LogP contribution in [0.4, 0.5) is 9.59 Å². The van der Waals surface area contributed by atoms with Gasteiger partial charge >= 0.3 is 12.2 Å². The normalized spacial score (nSPS) is 13.9. The number of hydrogen-bond donors (Lipinski definition) is 4. The van der Waals surface area contributed by atoms with Gasteiger partial charge in [0.25, 0.3) is 0 Å². The van der Waals surface area contributed by atoms with Gasteiger partial charge in [0.2, 0.25) is 11.8 Å². The molecule has 1 aliphatic carbocycles. The summed E-state index contributed by atoms with van der Waals surface area (Å²) < 4.78 is 10.7. The first-order valence-corrected chi connectivity index (χ1v) is 13.5. The zero-order valence-corrected chi connectivity index (χ0v) is 24.0. The smallest absolute Gasteiger partial charge is 0.407 e. The highest BCUT2D eigenvalue weighted by molar-refractivity contribution is 5.91. The van der Waals surface area contributed by atoms with Crippen molar-refractivity contribution in [1.82, 2.24) is 21.3 Å². The van der Waals surface area contributed by atoms with E-state index in [1.807, 2.05) is 36.4 Å². The van der Waals surface area contributed by atoms with Crippen LogP contribution in [0.25, 0.3) is 11.1 Å². The molecular formula is C30H40N4O6. The minimum absolute atomic E-state index is 0.0991. The van der Waals surface area contributed by atoms with Crippen molar-refractivity contribution >= 4 is 24.0 Å². The van der Waals surface area contributed by atoms with E-state index < -0.39 is 41.7 Å². The van der Waals surface area contributed by atoms with E-state index in [1.165, 1.54) is 0 Å². The minimum Gasteiger partial charge on any atom is -0.449 e. The van der Waals surface area contributed by atoms with Gasteiger partial charge < -0.3 is 30.7 Å². The standard InChI is InChI=1S/C30H40N4O6/c1-18(2)25(27(36)33-19(3)26(35)31-15-16-32-28(37)40-30(4,5)6)34-29(38)39-17-24-22-13-9-7-11-20(22)21-12-8-10-14-23(21)24/h7-14,18-19,24-25H,15-17H2,1-6H3,(H,31,35)(H,32,37)(H,33,36)(H,34,38)/t19-,25-/m0/s1. The number of carbonyl (C=O) groups is 4. The Morgan fingerprint density at radius 1 is 0.775 bits per heavy atom. The first kappa shape index (κ1) is 30.5. The molecule has 0 saturated heterocycles. The molecule has 10 heteroatoms. The average molecular weight is 553 g/mol. The Kier molecular flexibility index (Phi) is 10.1. The van der Waals surface area contributed by atoms with Crippen LogP contribution in [0.2, 0.25) is 0 Å². The van der Waals surface area contributed by atoms with E-state index in [4.69, 9.17) is 9.47 Å². The number of fused-ring (bicyclic) bond motifs is 3. The molecule has 2 aromatic rings. The van der Waals surface area contributed by atoms with Gasteiger partial charge in [-0.1, -0.05) is 62.4 Å². The van der Waals surface area contributed by atoms with Crippen LogP contribution in [-0.4, -0.2) is 61.4 Å². The Morgan fingerprint density at radius 2 is 1.32 bits per heavy atom. The molecule has 2 atom stereocenters. The van der Waals surface area contributed by atoms with Crippen LogP contribution in [0.15, 0.2) is 48.5 Å². The zero-order valence-electron chi connectivity index (χ0n) is 24.0. The summed E-state index contributed by atoms with van der Waals surface area (Å²) in [5.74, 6) is -1.28. The van der Waals surface area contributed by atoms with Gasteiger partial charge in [-0.2, -0.15) is 0 Å². The van der Waals surface area contributed by atoms with E-state index in [9.17, 15) is 19.2 Å². The highest BCUT2D eigenvalue weighted by Gasteiger charge is 2.31. The van der Waals surface area contributed by atoms with Crippen molar-refractivity contribution in [3.05, 3.63) is 59.7 Å². The lowest BCUT2D eigenvalue weighted by Crippen LogP contribution is -2.55. The van der Waals surface area contributed by atoms with Crippen molar-refractivity contribution in [3.8, 4) is 11.1 Å². The molecule has 10 nitrogen and oxygen atoms in total. The maximum absolute atomic E-state index is 12.9. The third-order valence-corrected chi connectivity index (χ3v) is 6.41. The molecule has 0 spiro atoms. The fraction of sp³-hybridized carbons (Fsp3) is 0.467. The molecule has 2 aromatic carbocycles. The lowest BCUT2D eigenvalue weighted by Gasteiger charge is -2.24. The van der Waals surface area contributed by atoms with E-state index >= 15 is 0 Å². The average Bonchev–Trinajstić information content (AvgIpc) is 3.20. The van der Waals surface area contributed by atoms with Crippen LogP contribution in [0, 0.1) is 5.92 Å². The molecule has 3 rings (SSSR count). The molecule has 0 heterocycles. The third-order valence-electron chi connectivity index (χ3n) is 6.41. The monoisotopic (exact) mass is 552 g/mol. The molecule has 40 heavy (non-hydrogen) atoms. The summed E-state index contributed by atoms with van der Waals surface area (Å²) in [6, 6.07) is 14.3. The first-order valence-electron chi connectivity index (χ1n) is 13.5. The maximum Gasteiger partial charge on any atom is 0.407 e. The summed E-state index contributed by atoms with van der Waals surface area (Å²) in [7, 11) is 0. The van der Waals surface area contributed by atoms with Gasteiger partial charge in [0, 0.05) is 19.0 Å². The third kappa shape index (κ3) is 8.21. The van der Waals surface area contributed by atoms with Crippen LogP contribution < -0.4 is 21.3 Å². The highest BCUT2D eigenvalue weighted by atomic mass is 16.6. The fourth-order valence-electron chi connectivity index (χ4n) is 4.49. The molecule has 0 saturated carbocycles. The topological polar surface area (TPSA) is 135 Å². The Morgan fingerprint density at radius 3 is 1.88 bits per heavy atom. The first-order chi connectivity index (χ1) is 18.9. The van der Waals surface area contributed by atoms with Gasteiger partial charge in [-0.05, 0) is 55.9 Å². The molecule has 0 aromatic heterocycles. The molecule has 0 aliphatic heterocycles. The number of hydrogen-bond acceptors (Lipinski definition) is 6. The van der Waals surface area contributed by atoms with Crippen LogP contribution in [-0.2, 0) is 19.1 Å². The summed E-state index contributed by atoms with van der Waals surface area (Å²) in [4.78, 5) is 49.8. The Bertz CT molecular complexity index is 1180. The zero-order chi connectivity index (χ0) is 29.4. The lowest BCUT2D eigenvalue weighted by molar-refractivity contribution is -0.130.